The number of aliphatic hydroxyl groups is 1. The molecule has 0 saturated carbocycles. The SMILES string of the molecule is CN(C)C(=O)CCNCC(O)CN1CCOCC1. The maximum Gasteiger partial charge on any atom is 0.223 e. The molecule has 0 aliphatic carbocycles. The molecule has 1 unspecified atom stereocenters. The summed E-state index contributed by atoms with van der Waals surface area (Å²) in [5.41, 5.74) is 0. The van der Waals surface area contributed by atoms with E-state index in [9.17, 15) is 9.90 Å². The molecule has 0 bridgehead atoms. The Bertz CT molecular complexity index is 243. The van der Waals surface area contributed by atoms with E-state index in [-0.39, 0.29) is 5.91 Å². The summed E-state index contributed by atoms with van der Waals surface area (Å²) in [5.74, 6) is 0.102. The van der Waals surface area contributed by atoms with Crippen molar-refractivity contribution in [3.8, 4) is 0 Å². The summed E-state index contributed by atoms with van der Waals surface area (Å²) in [7, 11) is 3.49. The van der Waals surface area contributed by atoms with Crippen molar-refractivity contribution in [2.75, 3.05) is 60.0 Å². The number of nitrogens with one attached hydrogen (secondary N) is 1. The van der Waals surface area contributed by atoms with Crippen molar-refractivity contribution in [3.63, 3.8) is 0 Å². The van der Waals surface area contributed by atoms with Crippen molar-refractivity contribution in [2.45, 2.75) is 12.5 Å². The van der Waals surface area contributed by atoms with Crippen molar-refractivity contribution in [1.82, 2.24) is 15.1 Å². The highest BCUT2D eigenvalue weighted by atomic mass is 16.5. The van der Waals surface area contributed by atoms with Gasteiger partial charge in [-0.3, -0.25) is 9.69 Å². The standard InChI is InChI=1S/C12H25N3O3/c1-14(2)12(17)3-4-13-9-11(16)10-15-5-7-18-8-6-15/h11,13,16H,3-10H2,1-2H3. The molecule has 0 aromatic carbocycles. The second-order valence-electron chi connectivity index (χ2n) is 4.81. The third-order valence-electron chi connectivity index (χ3n) is 2.97. The van der Waals surface area contributed by atoms with Gasteiger partial charge >= 0.3 is 0 Å². The van der Waals surface area contributed by atoms with E-state index in [4.69, 9.17) is 4.74 Å². The molecule has 0 spiro atoms. The molecular weight excluding hydrogens is 234 g/mol. The van der Waals surface area contributed by atoms with Crippen molar-refractivity contribution < 1.29 is 14.6 Å². The van der Waals surface area contributed by atoms with Crippen LogP contribution in [0.2, 0.25) is 0 Å². The first-order valence-electron chi connectivity index (χ1n) is 6.48. The van der Waals surface area contributed by atoms with Crippen molar-refractivity contribution in [3.05, 3.63) is 0 Å². The van der Waals surface area contributed by atoms with Gasteiger partial charge in [-0.1, -0.05) is 0 Å². The fourth-order valence-electron chi connectivity index (χ4n) is 1.83. The summed E-state index contributed by atoms with van der Waals surface area (Å²) in [4.78, 5) is 15.1. The van der Waals surface area contributed by atoms with Crippen LogP contribution in [-0.2, 0) is 9.53 Å². The van der Waals surface area contributed by atoms with Crippen molar-refractivity contribution in [2.24, 2.45) is 0 Å². The molecule has 6 nitrogen and oxygen atoms in total. The summed E-state index contributed by atoms with van der Waals surface area (Å²) < 4.78 is 5.25. The quantitative estimate of drug-likeness (QED) is 0.559. The lowest BCUT2D eigenvalue weighted by molar-refractivity contribution is -0.128. The van der Waals surface area contributed by atoms with Crippen LogP contribution in [0.5, 0.6) is 0 Å². The van der Waals surface area contributed by atoms with Crippen LogP contribution in [0.1, 0.15) is 6.42 Å². The Balaban J connectivity index is 2.02. The number of hydrogen-bond acceptors (Lipinski definition) is 5. The summed E-state index contributed by atoms with van der Waals surface area (Å²) >= 11 is 0. The van der Waals surface area contributed by atoms with Crippen LogP contribution < -0.4 is 5.32 Å². The van der Waals surface area contributed by atoms with Gasteiger partial charge in [-0.2, -0.15) is 0 Å². The van der Waals surface area contributed by atoms with Crippen LogP contribution in [-0.4, -0.2) is 87.0 Å². The lowest BCUT2D eigenvalue weighted by Gasteiger charge is -2.28. The summed E-state index contributed by atoms with van der Waals surface area (Å²) in [6, 6.07) is 0. The predicted molar refractivity (Wildman–Crippen MR) is 69.4 cm³/mol. The predicted octanol–water partition coefficient (Wildman–Crippen LogP) is -1.25. The summed E-state index contributed by atoms with van der Waals surface area (Å²) in [6.07, 6.45) is 0.0784. The highest BCUT2D eigenvalue weighted by Crippen LogP contribution is 1.98. The van der Waals surface area contributed by atoms with Crippen LogP contribution >= 0.6 is 0 Å². The summed E-state index contributed by atoms with van der Waals surface area (Å²) in [6.45, 7) is 5.06. The highest BCUT2D eigenvalue weighted by molar-refractivity contribution is 5.75. The zero-order valence-electron chi connectivity index (χ0n) is 11.4. The van der Waals surface area contributed by atoms with E-state index >= 15 is 0 Å². The number of amides is 1. The van der Waals surface area contributed by atoms with Gasteiger partial charge in [0.2, 0.25) is 5.91 Å². The first kappa shape index (κ1) is 15.4. The second-order valence-corrected chi connectivity index (χ2v) is 4.81. The average molecular weight is 259 g/mol. The van der Waals surface area contributed by atoms with Gasteiger partial charge in [0.15, 0.2) is 0 Å². The van der Waals surface area contributed by atoms with Gasteiger partial charge in [0, 0.05) is 53.2 Å². The minimum atomic E-state index is -0.391. The zero-order chi connectivity index (χ0) is 13.4. The Morgan fingerprint density at radius 1 is 1.44 bits per heavy atom. The Kier molecular flexibility index (Phi) is 7.19. The Labute approximate surface area is 109 Å². The number of morpholine rings is 1. The fraction of sp³-hybridized carbons (Fsp3) is 0.917. The van der Waals surface area contributed by atoms with Crippen LogP contribution in [0.4, 0.5) is 0 Å². The van der Waals surface area contributed by atoms with Crippen LogP contribution in [0.3, 0.4) is 0 Å². The third-order valence-corrected chi connectivity index (χ3v) is 2.97. The van der Waals surface area contributed by atoms with Gasteiger partial charge in [0.25, 0.3) is 0 Å². The second kappa shape index (κ2) is 8.42. The number of β-amino-alcohol motifs (C(OH)–C–C–N with tert-alkyl or cyclic N) is 1. The van der Waals surface area contributed by atoms with Gasteiger partial charge in [-0.15, -0.1) is 0 Å². The zero-order valence-corrected chi connectivity index (χ0v) is 11.4. The average Bonchev–Trinajstić information content (AvgIpc) is 2.35. The fourth-order valence-corrected chi connectivity index (χ4v) is 1.83. The molecule has 0 aromatic heterocycles. The smallest absolute Gasteiger partial charge is 0.223 e. The van der Waals surface area contributed by atoms with E-state index in [1.165, 1.54) is 0 Å². The van der Waals surface area contributed by atoms with Crippen LogP contribution in [0, 0.1) is 0 Å². The van der Waals surface area contributed by atoms with Gasteiger partial charge in [0.05, 0.1) is 19.3 Å². The molecule has 6 heteroatoms. The molecule has 1 saturated heterocycles. The van der Waals surface area contributed by atoms with E-state index in [2.05, 4.69) is 10.2 Å². The molecule has 18 heavy (non-hydrogen) atoms. The first-order valence-corrected chi connectivity index (χ1v) is 6.48. The Morgan fingerprint density at radius 3 is 2.72 bits per heavy atom. The van der Waals surface area contributed by atoms with E-state index in [1.54, 1.807) is 19.0 Å². The number of rotatable bonds is 7. The van der Waals surface area contributed by atoms with Crippen molar-refractivity contribution in [1.29, 1.82) is 0 Å². The highest BCUT2D eigenvalue weighted by Gasteiger charge is 2.14. The third kappa shape index (κ3) is 6.30. The molecular formula is C12H25N3O3. The van der Waals surface area contributed by atoms with Crippen LogP contribution in [0.15, 0.2) is 0 Å². The Hall–Kier alpha value is -0.690. The lowest BCUT2D eigenvalue weighted by atomic mass is 10.3. The first-order chi connectivity index (χ1) is 8.59. The number of nitrogens with zero attached hydrogens (tertiary/aromatic N) is 2. The molecule has 1 amide bonds. The molecule has 0 radical (unpaired) electrons. The van der Waals surface area contributed by atoms with Gasteiger partial charge in [0.1, 0.15) is 0 Å². The van der Waals surface area contributed by atoms with E-state index in [1.807, 2.05) is 0 Å². The van der Waals surface area contributed by atoms with Crippen molar-refractivity contribution >= 4 is 5.91 Å². The molecule has 106 valence electrons. The normalized spacial score (nSPS) is 18.6. The molecule has 1 aliphatic rings. The van der Waals surface area contributed by atoms with Gasteiger partial charge in [-0.25, -0.2) is 0 Å². The van der Waals surface area contributed by atoms with Gasteiger partial charge < -0.3 is 20.1 Å². The number of hydrogen-bond donors (Lipinski definition) is 2. The minimum absolute atomic E-state index is 0.102. The minimum Gasteiger partial charge on any atom is -0.390 e. The van der Waals surface area contributed by atoms with E-state index in [0.29, 0.717) is 26.1 Å². The number of ether oxygens (including phenoxy) is 1. The van der Waals surface area contributed by atoms with E-state index < -0.39 is 6.10 Å². The maximum absolute atomic E-state index is 11.3. The molecule has 1 fully saturated rings. The summed E-state index contributed by atoms with van der Waals surface area (Å²) in [5, 5.41) is 12.9. The number of carbonyl (C=O) groups is 1. The largest absolute Gasteiger partial charge is 0.390 e. The number of aliphatic hydroxyl groups excluding tert-OH is 1. The molecule has 1 aliphatic heterocycles. The molecule has 1 heterocycles. The molecule has 1 atom stereocenters. The maximum atomic E-state index is 11.3. The number of carbonyl (C=O) groups excluding carboxylic acids is 1. The topological polar surface area (TPSA) is 65.0 Å². The van der Waals surface area contributed by atoms with E-state index in [0.717, 1.165) is 26.3 Å². The lowest BCUT2D eigenvalue weighted by Crippen LogP contribution is -2.44. The van der Waals surface area contributed by atoms with Crippen LogP contribution in [0.25, 0.3) is 0 Å². The van der Waals surface area contributed by atoms with Gasteiger partial charge in [-0.05, 0) is 0 Å². The molecule has 1 rings (SSSR count). The molecule has 2 N–H and O–H groups in total. The molecule has 0 aromatic rings. The monoisotopic (exact) mass is 259 g/mol. The Morgan fingerprint density at radius 2 is 2.11 bits per heavy atom.